The van der Waals surface area contributed by atoms with Gasteiger partial charge in [0.1, 0.15) is 0 Å². The lowest BCUT2D eigenvalue weighted by molar-refractivity contribution is 0.0997. The molecule has 1 aromatic heterocycles. The third kappa shape index (κ3) is 2.17. The number of carbonyl (C=O) groups excluding carboxylic acids is 1. The number of fused-ring (bicyclic) bond motifs is 2. The highest BCUT2D eigenvalue weighted by atomic mass is 32.1. The number of benzene rings is 1. The zero-order chi connectivity index (χ0) is 23.1. The van der Waals surface area contributed by atoms with Crippen LogP contribution in [0.4, 0.5) is 0 Å². The van der Waals surface area contributed by atoms with Gasteiger partial charge in [-0.1, -0.05) is 29.8 Å². The Bertz CT molecular complexity index is 1120. The second-order valence-electron chi connectivity index (χ2n) is 4.67. The Hall–Kier alpha value is -1.71. The summed E-state index contributed by atoms with van der Waals surface area (Å²) in [6, 6.07) is 5.95. The van der Waals surface area contributed by atoms with E-state index in [1.807, 2.05) is 5.32 Å². The van der Waals surface area contributed by atoms with Crippen LogP contribution in [0.25, 0.3) is 5.57 Å². The number of Topliss-reactive ketones (excluding diaryl/α,β-unsaturated/α-hetero) is 1. The molecule has 3 heteroatoms. The van der Waals surface area contributed by atoms with Gasteiger partial charge in [0, 0.05) is 23.0 Å². The molecule has 2 nitrogen and oxygen atoms in total. The summed E-state index contributed by atoms with van der Waals surface area (Å²) < 4.78 is 82.9. The van der Waals surface area contributed by atoms with Crippen LogP contribution in [0.2, 0.25) is 0 Å². The average Bonchev–Trinajstić information content (AvgIpc) is 2.86. The Balaban J connectivity index is 2.27. The molecule has 0 radical (unpaired) electrons. The first-order chi connectivity index (χ1) is 14.1. The minimum atomic E-state index is -3.05. The number of nitrogens with one attached hydrogen (secondary N) is 1. The molecule has 2 aromatic rings. The molecule has 0 bridgehead atoms. The van der Waals surface area contributed by atoms with Gasteiger partial charge in [-0.2, -0.15) is 0 Å². The first-order valence-corrected chi connectivity index (χ1v) is 7.21. The van der Waals surface area contributed by atoms with Crippen molar-refractivity contribution in [1.29, 1.82) is 0 Å². The quantitative estimate of drug-likeness (QED) is 0.804. The van der Waals surface area contributed by atoms with Crippen LogP contribution >= 0.6 is 11.3 Å². The number of hydrogen-bond donors (Lipinski definition) is 1. The van der Waals surface area contributed by atoms with Crippen molar-refractivity contribution in [3.8, 4) is 0 Å². The molecular formula is C18H17NOS. The zero-order valence-corrected chi connectivity index (χ0v) is 11.6. The molecule has 1 saturated heterocycles. The molecule has 0 atom stereocenters. The van der Waals surface area contributed by atoms with E-state index in [1.54, 1.807) is 18.2 Å². The number of rotatable bonds is 0. The van der Waals surface area contributed by atoms with E-state index in [-0.39, 0.29) is 33.4 Å². The van der Waals surface area contributed by atoms with E-state index in [9.17, 15) is 4.79 Å². The van der Waals surface area contributed by atoms with E-state index in [0.29, 0.717) is 5.56 Å². The van der Waals surface area contributed by atoms with Gasteiger partial charge < -0.3 is 5.32 Å². The van der Waals surface area contributed by atoms with Gasteiger partial charge in [-0.3, -0.25) is 4.79 Å². The third-order valence-corrected chi connectivity index (χ3v) is 4.29. The van der Waals surface area contributed by atoms with Crippen LogP contribution in [0, 0.1) is 0 Å². The van der Waals surface area contributed by atoms with Crippen molar-refractivity contribution in [2.75, 3.05) is 13.0 Å². The van der Waals surface area contributed by atoms with Crippen molar-refractivity contribution in [2.24, 2.45) is 0 Å². The molecule has 1 N–H and O–H groups in total. The maximum Gasteiger partial charge on any atom is 0.177 e. The maximum atomic E-state index is 12.9. The van der Waals surface area contributed by atoms with Crippen molar-refractivity contribution in [3.63, 3.8) is 0 Å². The van der Waals surface area contributed by atoms with Gasteiger partial charge in [-0.15, -0.1) is 11.3 Å². The second-order valence-corrected chi connectivity index (χ2v) is 5.48. The van der Waals surface area contributed by atoms with Crippen molar-refractivity contribution in [2.45, 2.75) is 19.2 Å². The molecule has 4 rings (SSSR count). The third-order valence-electron chi connectivity index (χ3n) is 3.45. The monoisotopic (exact) mass is 305 g/mol. The summed E-state index contributed by atoms with van der Waals surface area (Å²) in [5.74, 6) is -0.420. The second kappa shape index (κ2) is 5.24. The molecule has 0 saturated carbocycles. The molecule has 1 aromatic carbocycles. The van der Waals surface area contributed by atoms with Gasteiger partial charge >= 0.3 is 0 Å². The highest BCUT2D eigenvalue weighted by molar-refractivity contribution is 7.12. The molecule has 0 spiro atoms. The summed E-state index contributed by atoms with van der Waals surface area (Å²) in [7, 11) is 0. The first kappa shape index (κ1) is 6.19. The first-order valence-electron chi connectivity index (χ1n) is 11.4. The molecule has 0 unspecified atom stereocenters. The molecule has 106 valence electrons. The Labute approximate surface area is 142 Å². The number of hydrogen-bond acceptors (Lipinski definition) is 3. The lowest BCUT2D eigenvalue weighted by Gasteiger charge is -2.21. The van der Waals surface area contributed by atoms with Crippen LogP contribution in [0.1, 0.15) is 52.8 Å². The van der Waals surface area contributed by atoms with E-state index in [2.05, 4.69) is 0 Å². The number of piperidine rings is 1. The van der Waals surface area contributed by atoms with Crippen LogP contribution < -0.4 is 5.32 Å². The van der Waals surface area contributed by atoms with E-state index in [4.69, 9.17) is 13.7 Å². The predicted molar refractivity (Wildman–Crippen MR) is 86.9 cm³/mol. The van der Waals surface area contributed by atoms with Gasteiger partial charge in [0.05, 0.1) is 7.62 Å². The molecule has 2 aliphatic rings. The van der Waals surface area contributed by atoms with Crippen LogP contribution in [0.5, 0.6) is 0 Å². The van der Waals surface area contributed by atoms with E-state index in [0.717, 1.165) is 11.3 Å². The van der Waals surface area contributed by atoms with Crippen LogP contribution in [0.15, 0.2) is 41.2 Å². The van der Waals surface area contributed by atoms with E-state index in [1.165, 1.54) is 6.07 Å². The lowest BCUT2D eigenvalue weighted by atomic mass is 9.88. The summed E-state index contributed by atoms with van der Waals surface area (Å²) in [6.07, 6.45) is -6.22. The summed E-state index contributed by atoms with van der Waals surface area (Å²) in [5.41, 5.74) is -0.571. The Kier molecular flexibility index (Phi) is 1.55. The standard InChI is InChI=1S/C18H17NOS/c20-16-11-13-3-1-2-4-14(13)17(12-5-8-19-9-6-12)15-7-10-21-18(15)16/h1-4,7,10,19H,5-6,8-9,11H2/i5D2,6D2,7D,8D2,9D2,10D. The molecule has 1 aliphatic heterocycles. The predicted octanol–water partition coefficient (Wildman–Crippen LogP) is 3.67. The molecule has 1 fully saturated rings. The van der Waals surface area contributed by atoms with Gasteiger partial charge in [0.15, 0.2) is 5.78 Å². The highest BCUT2D eigenvalue weighted by Crippen LogP contribution is 2.39. The molecule has 2 heterocycles. The van der Waals surface area contributed by atoms with Crippen molar-refractivity contribution >= 4 is 22.7 Å². The number of thiophene rings is 1. The van der Waals surface area contributed by atoms with Gasteiger partial charge in [-0.05, 0) is 53.8 Å². The van der Waals surface area contributed by atoms with Crippen LogP contribution in [-0.2, 0) is 6.42 Å². The summed E-state index contributed by atoms with van der Waals surface area (Å²) in [4.78, 5) is 12.9. The van der Waals surface area contributed by atoms with Gasteiger partial charge in [0.2, 0.25) is 0 Å². The fourth-order valence-corrected chi connectivity index (χ4v) is 3.24. The van der Waals surface area contributed by atoms with Gasteiger partial charge in [0.25, 0.3) is 0 Å². The molecule has 21 heavy (non-hydrogen) atoms. The minimum absolute atomic E-state index is 0.0139. The lowest BCUT2D eigenvalue weighted by Crippen LogP contribution is -2.24. The van der Waals surface area contributed by atoms with Crippen LogP contribution in [0.3, 0.4) is 0 Å². The van der Waals surface area contributed by atoms with Crippen molar-refractivity contribution in [1.82, 2.24) is 5.32 Å². The Morgan fingerprint density at radius 3 is 2.86 bits per heavy atom. The average molecular weight is 305 g/mol. The topological polar surface area (TPSA) is 29.1 Å². The zero-order valence-electron chi connectivity index (χ0n) is 20.8. The van der Waals surface area contributed by atoms with Crippen molar-refractivity contribution < 1.29 is 18.5 Å². The smallest absolute Gasteiger partial charge is 0.177 e. The molecule has 1 aliphatic carbocycles. The Morgan fingerprint density at radius 1 is 1.19 bits per heavy atom. The fraction of sp³-hybridized carbons (Fsp3) is 0.278. The molecular weight excluding hydrogens is 278 g/mol. The Morgan fingerprint density at radius 2 is 2.00 bits per heavy atom. The van der Waals surface area contributed by atoms with E-state index >= 15 is 0 Å². The van der Waals surface area contributed by atoms with Gasteiger partial charge in [-0.25, -0.2) is 0 Å². The normalized spacial score (nSPS) is 34.8. The SMILES string of the molecule is [2H]c1sc2c(c1[2H])C(=C1C([2H])([2H])C([2H])([2H])NC([2H])([2H])C1([2H])[2H])c1ccccc1CC2=O. The van der Waals surface area contributed by atoms with Crippen LogP contribution in [-0.4, -0.2) is 18.8 Å². The summed E-state index contributed by atoms with van der Waals surface area (Å²) in [5, 5.41) is 1.54. The number of ketones is 1. The summed E-state index contributed by atoms with van der Waals surface area (Å²) >= 11 is 0.724. The maximum absolute atomic E-state index is 12.9. The fourth-order valence-electron chi connectivity index (χ4n) is 2.55. The minimum Gasteiger partial charge on any atom is -0.316 e. The van der Waals surface area contributed by atoms with Crippen molar-refractivity contribution in [3.05, 3.63) is 62.8 Å². The van der Waals surface area contributed by atoms with E-state index < -0.39 is 43.1 Å². The summed E-state index contributed by atoms with van der Waals surface area (Å²) in [6.45, 7) is -6.00. The molecule has 0 amide bonds. The number of carbonyl (C=O) groups is 1. The largest absolute Gasteiger partial charge is 0.316 e. The highest BCUT2D eigenvalue weighted by Gasteiger charge is 2.26.